The lowest BCUT2D eigenvalue weighted by Gasteiger charge is -2.52. The van der Waals surface area contributed by atoms with Gasteiger partial charge in [0.05, 0.1) is 23.3 Å². The lowest BCUT2D eigenvalue weighted by atomic mass is 9.52. The van der Waals surface area contributed by atoms with E-state index in [1.807, 2.05) is 0 Å². The molecule has 2 saturated carbocycles. The molecule has 35 heavy (non-hydrogen) atoms. The zero-order chi connectivity index (χ0) is 26.1. The maximum Gasteiger partial charge on any atom is 0.235 e. The van der Waals surface area contributed by atoms with Crippen molar-refractivity contribution in [2.75, 3.05) is 20.4 Å². The van der Waals surface area contributed by atoms with Gasteiger partial charge in [-0.05, 0) is 50.9 Å². The number of benzene rings is 1. The number of fused-ring (bicyclic) bond motifs is 3. The summed E-state index contributed by atoms with van der Waals surface area (Å²) in [6.07, 6.45) is 1.67. The third kappa shape index (κ3) is 3.51. The van der Waals surface area contributed by atoms with Crippen LogP contribution in [-0.2, 0) is 42.2 Å². The molecule has 1 amide bonds. The number of hydrogen-bond donors (Lipinski definition) is 3. The van der Waals surface area contributed by atoms with E-state index in [-0.39, 0.29) is 29.9 Å². The molecule has 0 aliphatic heterocycles. The Morgan fingerprint density at radius 2 is 1.86 bits per heavy atom. The molecule has 0 heterocycles. The van der Waals surface area contributed by atoms with Gasteiger partial charge in [-0.1, -0.05) is 6.07 Å². The Kier molecular flexibility index (Phi) is 6.10. The molecule has 3 aliphatic rings. The number of nitrogens with zero attached hydrogens (tertiary/aromatic N) is 1. The number of likely N-dealkylation sites (N-methyl/N-ethyl adjacent to an activating group) is 1. The number of phenolic OH excluding ortho intramolecular Hbond substituents is 1. The first-order valence-electron chi connectivity index (χ1n) is 11.2. The molecule has 0 aromatic heterocycles. The number of aryl methyl sites for hydroxylation is 1. The second-order valence-corrected chi connectivity index (χ2v) is 11.5. The van der Waals surface area contributed by atoms with E-state index in [2.05, 4.69) is 0 Å². The summed E-state index contributed by atoms with van der Waals surface area (Å²) in [5.74, 6) is -10.7. The third-order valence-electron chi connectivity index (χ3n) is 7.72. The van der Waals surface area contributed by atoms with Crippen LogP contribution in [0, 0.1) is 30.6 Å². The molecule has 0 bridgehead atoms. The van der Waals surface area contributed by atoms with Crippen LogP contribution in [0.3, 0.4) is 0 Å². The predicted octanol–water partition coefficient (Wildman–Crippen LogP) is -0.946. The molecule has 0 spiro atoms. The second kappa shape index (κ2) is 8.42. The number of nitrogens with two attached hydrogens (primary N) is 1. The second-order valence-electron chi connectivity index (χ2n) is 10.1. The van der Waals surface area contributed by atoms with Crippen molar-refractivity contribution in [1.29, 1.82) is 0 Å². The van der Waals surface area contributed by atoms with Crippen LogP contribution < -0.4 is 5.73 Å². The third-order valence-corrected chi connectivity index (χ3v) is 8.44. The number of rotatable bonds is 4. The Morgan fingerprint density at radius 1 is 1.23 bits per heavy atom. The zero-order valence-electron chi connectivity index (χ0n) is 19.9. The van der Waals surface area contributed by atoms with E-state index in [0.717, 1.165) is 0 Å². The van der Waals surface area contributed by atoms with E-state index in [1.165, 1.54) is 25.3 Å². The number of carbonyl (C=O) groups excluding carboxylic acids is 5. The van der Waals surface area contributed by atoms with Crippen molar-refractivity contribution in [1.82, 2.24) is 4.90 Å². The molecule has 3 unspecified atom stereocenters. The molecule has 0 radical (unpaired) electrons. The van der Waals surface area contributed by atoms with Crippen molar-refractivity contribution in [3.63, 3.8) is 0 Å². The minimum atomic E-state index is -2.75. The van der Waals surface area contributed by atoms with Gasteiger partial charge in [-0.15, -0.1) is 0 Å². The van der Waals surface area contributed by atoms with Gasteiger partial charge in [0.1, 0.15) is 5.75 Å². The highest BCUT2D eigenvalue weighted by Crippen LogP contribution is 2.51. The lowest BCUT2D eigenvalue weighted by Crippen LogP contribution is -2.74. The number of aliphatic hydroxyl groups is 1. The van der Waals surface area contributed by atoms with E-state index < -0.39 is 75.2 Å². The standard InChI is InChI=1S/C24H28N2O8S/c1-9-5-11(8-35(4)34)18(27)15-12(9)6-10-7-13-17(26(2)3)20(29)16(23(25)32)22(31)24(13,33)21(30)14(10)19(15)28/h5,10,13-14,16-17,27,33H,6-8H2,1-4H3,(H2,25,32)/t10-,13-,14?,16?,17-,24-,35?/m0/s1. The van der Waals surface area contributed by atoms with Crippen LogP contribution >= 0.6 is 0 Å². The highest BCUT2D eigenvalue weighted by molar-refractivity contribution is 7.83. The topological polar surface area (TPSA) is 172 Å². The van der Waals surface area contributed by atoms with Crippen LogP contribution in [0.4, 0.5) is 0 Å². The average Bonchev–Trinajstić information content (AvgIpc) is 2.73. The minimum absolute atomic E-state index is 0.00479. The van der Waals surface area contributed by atoms with Crippen molar-refractivity contribution in [2.24, 2.45) is 29.4 Å². The summed E-state index contributed by atoms with van der Waals surface area (Å²) >= 11 is 0. The van der Waals surface area contributed by atoms with Gasteiger partial charge in [0.2, 0.25) is 5.91 Å². The molecule has 1 aromatic rings. The van der Waals surface area contributed by atoms with Crippen molar-refractivity contribution in [2.45, 2.75) is 37.2 Å². The van der Waals surface area contributed by atoms with E-state index in [9.17, 15) is 38.4 Å². The fraction of sp³-hybridized carbons (Fsp3) is 0.542. The molecule has 4 N–H and O–H groups in total. The highest BCUT2D eigenvalue weighted by Gasteiger charge is 2.69. The van der Waals surface area contributed by atoms with E-state index in [0.29, 0.717) is 16.7 Å². The summed E-state index contributed by atoms with van der Waals surface area (Å²) < 4.78 is 11.8. The monoisotopic (exact) mass is 504 g/mol. The van der Waals surface area contributed by atoms with Gasteiger partial charge >= 0.3 is 0 Å². The Balaban J connectivity index is 1.87. The van der Waals surface area contributed by atoms with E-state index >= 15 is 0 Å². The van der Waals surface area contributed by atoms with Gasteiger partial charge in [0.15, 0.2) is 34.7 Å². The fourth-order valence-corrected chi connectivity index (χ4v) is 6.92. The van der Waals surface area contributed by atoms with Crippen molar-refractivity contribution in [3.8, 4) is 5.75 Å². The predicted molar refractivity (Wildman–Crippen MR) is 124 cm³/mol. The lowest BCUT2D eigenvalue weighted by molar-refractivity contribution is -0.181. The first kappa shape index (κ1) is 25.3. The number of hydrogen-bond acceptors (Lipinski definition) is 9. The summed E-state index contributed by atoms with van der Waals surface area (Å²) in [6, 6.07) is 0.533. The Labute approximate surface area is 204 Å². The average molecular weight is 505 g/mol. The number of Topliss-reactive ketones (excluding diaryl/α,β-unsaturated/α-hetero) is 4. The molecule has 188 valence electrons. The molecule has 7 atom stereocenters. The van der Waals surface area contributed by atoms with Crippen LogP contribution in [0.2, 0.25) is 0 Å². The fourth-order valence-electron chi connectivity index (χ4n) is 6.26. The minimum Gasteiger partial charge on any atom is -0.507 e. The van der Waals surface area contributed by atoms with Crippen LogP contribution in [-0.4, -0.2) is 80.4 Å². The maximum atomic E-state index is 13.7. The first-order chi connectivity index (χ1) is 16.2. The van der Waals surface area contributed by atoms with Crippen molar-refractivity contribution >= 4 is 39.8 Å². The smallest absolute Gasteiger partial charge is 0.235 e. The normalized spacial score (nSPS) is 33.3. The molecule has 0 saturated heterocycles. The van der Waals surface area contributed by atoms with E-state index in [4.69, 9.17) is 5.73 Å². The van der Waals surface area contributed by atoms with Crippen LogP contribution in [0.5, 0.6) is 5.75 Å². The van der Waals surface area contributed by atoms with Gasteiger partial charge in [0.25, 0.3) is 0 Å². The summed E-state index contributed by atoms with van der Waals surface area (Å²) in [4.78, 5) is 67.1. The summed E-state index contributed by atoms with van der Waals surface area (Å²) in [7, 11) is 1.77. The Hall–Kier alpha value is -2.76. The molecular formula is C24H28N2O8S. The number of carbonyl (C=O) groups is 5. The molecule has 4 rings (SSSR count). The SMILES string of the molecule is Cc1cc(CS(C)=O)c(O)c2c1C[C@H]1C[C@H]3[C@H](N(C)C)C(=O)C(C(N)=O)C(=O)[C@@]3(O)C(=O)C1C2=O. The number of primary amides is 1. The largest absolute Gasteiger partial charge is 0.507 e. The molecule has 2 fully saturated rings. The highest BCUT2D eigenvalue weighted by atomic mass is 32.2. The number of aromatic hydroxyl groups is 1. The molecule has 3 aliphatic carbocycles. The van der Waals surface area contributed by atoms with E-state index in [1.54, 1.807) is 13.0 Å². The summed E-state index contributed by atoms with van der Waals surface area (Å²) in [5.41, 5.74) is 4.02. The quantitative estimate of drug-likeness (QED) is 0.437. The zero-order valence-corrected chi connectivity index (χ0v) is 20.7. The van der Waals surface area contributed by atoms with Crippen molar-refractivity contribution in [3.05, 3.63) is 28.3 Å². The molecule has 1 aromatic carbocycles. The van der Waals surface area contributed by atoms with Gasteiger partial charge in [-0.25, -0.2) is 0 Å². The number of phenols is 1. The van der Waals surface area contributed by atoms with Crippen LogP contribution in [0.25, 0.3) is 0 Å². The van der Waals surface area contributed by atoms with Crippen molar-refractivity contribution < 1.29 is 38.4 Å². The first-order valence-corrected chi connectivity index (χ1v) is 12.9. The van der Waals surface area contributed by atoms with Gasteiger partial charge in [0, 0.05) is 28.5 Å². The van der Waals surface area contributed by atoms with Gasteiger partial charge < -0.3 is 15.9 Å². The molecular weight excluding hydrogens is 476 g/mol. The summed E-state index contributed by atoms with van der Waals surface area (Å²) in [5, 5.41) is 22.4. The van der Waals surface area contributed by atoms with Gasteiger partial charge in [-0.3, -0.25) is 33.1 Å². The Bertz CT molecular complexity index is 1220. The van der Waals surface area contributed by atoms with Crippen LogP contribution in [0.1, 0.15) is 33.5 Å². The molecule has 10 nitrogen and oxygen atoms in total. The number of ketones is 4. The summed E-state index contributed by atoms with van der Waals surface area (Å²) in [6.45, 7) is 1.75. The Morgan fingerprint density at radius 3 is 2.40 bits per heavy atom. The van der Waals surface area contributed by atoms with Crippen LogP contribution in [0.15, 0.2) is 6.07 Å². The maximum absolute atomic E-state index is 13.7. The number of amides is 1. The van der Waals surface area contributed by atoms with Gasteiger partial charge in [-0.2, -0.15) is 0 Å². The molecule has 11 heteroatoms.